The Morgan fingerprint density at radius 1 is 1.14 bits per heavy atom. The minimum absolute atomic E-state index is 0.292. The third kappa shape index (κ3) is 0.924. The molecule has 0 aliphatic carbocycles. The van der Waals surface area contributed by atoms with Gasteiger partial charge in [0.2, 0.25) is 0 Å². The lowest BCUT2D eigenvalue weighted by molar-refractivity contribution is 0.0433. The Morgan fingerprint density at radius 2 is 1.57 bits per heavy atom. The van der Waals surface area contributed by atoms with E-state index in [1.165, 1.54) is 0 Å². The third-order valence-electron chi connectivity index (χ3n) is 1.32. The zero-order chi connectivity index (χ0) is 5.28. The summed E-state index contributed by atoms with van der Waals surface area (Å²) in [5.41, 5.74) is 0. The maximum absolute atomic E-state index is 5.04. The second-order valence-electron chi connectivity index (χ2n) is 1.86. The summed E-state index contributed by atoms with van der Waals surface area (Å²) >= 11 is 0. The minimum atomic E-state index is 0.292. The maximum atomic E-state index is 5.04. The van der Waals surface area contributed by atoms with Gasteiger partial charge >= 0.3 is 0 Å². The Morgan fingerprint density at radius 3 is 1.71 bits per heavy atom. The van der Waals surface area contributed by atoms with E-state index in [1.807, 2.05) is 13.8 Å². The van der Waals surface area contributed by atoms with Gasteiger partial charge in [0.15, 0.2) is 0 Å². The van der Waals surface area contributed by atoms with Gasteiger partial charge in [0.1, 0.15) is 6.79 Å². The highest BCUT2D eigenvalue weighted by atomic mass is 16.7. The molecule has 0 aromatic carbocycles. The summed E-state index contributed by atoms with van der Waals surface area (Å²) in [5, 5.41) is 0. The zero-order valence-corrected chi connectivity index (χ0v) is 4.68. The summed E-state index contributed by atoms with van der Waals surface area (Å²) in [6.07, 6.45) is 0.583. The molecule has 1 rings (SSSR count). The standard InChI is InChI=1S/C5H10O2/c1-4-5(2)7-3-6-4/h4-5H,3H2,1-2H3/t4-,5?/m0/s1. The van der Waals surface area contributed by atoms with Gasteiger partial charge in [-0.25, -0.2) is 0 Å². The number of hydrogen-bond donors (Lipinski definition) is 0. The number of hydrogen-bond acceptors (Lipinski definition) is 2. The van der Waals surface area contributed by atoms with E-state index >= 15 is 0 Å². The monoisotopic (exact) mass is 102 g/mol. The van der Waals surface area contributed by atoms with E-state index in [0.717, 1.165) is 0 Å². The Bertz CT molecular complexity index is 55.1. The predicted octanol–water partition coefficient (Wildman–Crippen LogP) is 0.768. The van der Waals surface area contributed by atoms with Crippen molar-refractivity contribution in [3.8, 4) is 0 Å². The van der Waals surface area contributed by atoms with Crippen LogP contribution < -0.4 is 0 Å². The molecule has 0 bridgehead atoms. The van der Waals surface area contributed by atoms with E-state index in [0.29, 0.717) is 19.0 Å². The van der Waals surface area contributed by atoms with Crippen molar-refractivity contribution in [2.24, 2.45) is 0 Å². The second kappa shape index (κ2) is 1.80. The molecular formula is C5H10O2. The highest BCUT2D eigenvalue weighted by molar-refractivity contribution is 4.62. The van der Waals surface area contributed by atoms with Gasteiger partial charge in [-0.05, 0) is 13.8 Å². The molecule has 0 radical (unpaired) electrons. The van der Waals surface area contributed by atoms with E-state index in [9.17, 15) is 0 Å². The van der Waals surface area contributed by atoms with Crippen LogP contribution in [0.4, 0.5) is 0 Å². The van der Waals surface area contributed by atoms with E-state index in [-0.39, 0.29) is 0 Å². The number of ether oxygens (including phenoxy) is 2. The SMILES string of the molecule is CC1OCO[C@H]1C. The van der Waals surface area contributed by atoms with Crippen LogP contribution in [-0.2, 0) is 9.47 Å². The molecule has 0 spiro atoms. The van der Waals surface area contributed by atoms with Crippen LogP contribution in [0.5, 0.6) is 0 Å². The maximum Gasteiger partial charge on any atom is 0.147 e. The van der Waals surface area contributed by atoms with Crippen molar-refractivity contribution in [3.63, 3.8) is 0 Å². The molecule has 1 aliphatic rings. The smallest absolute Gasteiger partial charge is 0.147 e. The quantitative estimate of drug-likeness (QED) is 0.449. The highest BCUT2D eigenvalue weighted by Crippen LogP contribution is 2.09. The lowest BCUT2D eigenvalue weighted by Crippen LogP contribution is -2.13. The largest absolute Gasteiger partial charge is 0.350 e. The summed E-state index contributed by atoms with van der Waals surface area (Å²) in [4.78, 5) is 0. The summed E-state index contributed by atoms with van der Waals surface area (Å²) in [5.74, 6) is 0. The van der Waals surface area contributed by atoms with Crippen LogP contribution in [0.1, 0.15) is 13.8 Å². The topological polar surface area (TPSA) is 18.5 Å². The van der Waals surface area contributed by atoms with E-state index < -0.39 is 0 Å². The average molecular weight is 102 g/mol. The number of rotatable bonds is 0. The molecule has 0 aromatic rings. The first-order valence-electron chi connectivity index (χ1n) is 2.54. The summed E-state index contributed by atoms with van der Waals surface area (Å²) in [6.45, 7) is 4.50. The van der Waals surface area contributed by atoms with Crippen molar-refractivity contribution >= 4 is 0 Å². The summed E-state index contributed by atoms with van der Waals surface area (Å²) in [7, 11) is 0. The molecule has 0 amide bonds. The van der Waals surface area contributed by atoms with Crippen LogP contribution in [-0.4, -0.2) is 19.0 Å². The fourth-order valence-electron chi connectivity index (χ4n) is 0.525. The first-order valence-corrected chi connectivity index (χ1v) is 2.54. The van der Waals surface area contributed by atoms with Crippen LogP contribution in [0, 0.1) is 0 Å². The van der Waals surface area contributed by atoms with Crippen molar-refractivity contribution in [3.05, 3.63) is 0 Å². The van der Waals surface area contributed by atoms with Crippen molar-refractivity contribution in [1.29, 1.82) is 0 Å². The van der Waals surface area contributed by atoms with Gasteiger partial charge in [0, 0.05) is 0 Å². The zero-order valence-electron chi connectivity index (χ0n) is 4.68. The summed E-state index contributed by atoms with van der Waals surface area (Å²) < 4.78 is 10.1. The van der Waals surface area contributed by atoms with Gasteiger partial charge in [0.05, 0.1) is 12.2 Å². The first kappa shape index (κ1) is 5.06. The molecule has 1 unspecified atom stereocenters. The van der Waals surface area contributed by atoms with Gasteiger partial charge in [-0.1, -0.05) is 0 Å². The Balaban J connectivity index is 2.33. The molecule has 1 fully saturated rings. The van der Waals surface area contributed by atoms with E-state index in [2.05, 4.69) is 0 Å². The van der Waals surface area contributed by atoms with Gasteiger partial charge in [-0.15, -0.1) is 0 Å². The van der Waals surface area contributed by atoms with Gasteiger partial charge in [-0.3, -0.25) is 0 Å². The molecule has 42 valence electrons. The highest BCUT2D eigenvalue weighted by Gasteiger charge is 2.18. The van der Waals surface area contributed by atoms with Crippen molar-refractivity contribution in [1.82, 2.24) is 0 Å². The van der Waals surface area contributed by atoms with Gasteiger partial charge < -0.3 is 9.47 Å². The molecule has 7 heavy (non-hydrogen) atoms. The van der Waals surface area contributed by atoms with E-state index in [4.69, 9.17) is 9.47 Å². The minimum Gasteiger partial charge on any atom is -0.350 e. The van der Waals surface area contributed by atoms with Gasteiger partial charge in [-0.2, -0.15) is 0 Å². The van der Waals surface area contributed by atoms with Gasteiger partial charge in [0.25, 0.3) is 0 Å². The first-order chi connectivity index (χ1) is 3.30. The van der Waals surface area contributed by atoms with Crippen LogP contribution in [0.3, 0.4) is 0 Å². The molecule has 0 N–H and O–H groups in total. The molecule has 2 atom stereocenters. The Kier molecular flexibility index (Phi) is 1.30. The second-order valence-corrected chi connectivity index (χ2v) is 1.86. The molecule has 1 aliphatic heterocycles. The molecule has 0 saturated carbocycles. The molecule has 2 nitrogen and oxygen atoms in total. The Labute approximate surface area is 43.4 Å². The van der Waals surface area contributed by atoms with Crippen molar-refractivity contribution in [2.45, 2.75) is 26.1 Å². The molecule has 2 heteroatoms. The molecule has 1 saturated heterocycles. The summed E-state index contributed by atoms with van der Waals surface area (Å²) in [6, 6.07) is 0. The van der Waals surface area contributed by atoms with Crippen LogP contribution >= 0.6 is 0 Å². The van der Waals surface area contributed by atoms with E-state index in [1.54, 1.807) is 0 Å². The average Bonchev–Trinajstić information content (AvgIpc) is 1.91. The predicted molar refractivity (Wildman–Crippen MR) is 26.0 cm³/mol. The molecule has 0 aromatic heterocycles. The lowest BCUT2D eigenvalue weighted by Gasteiger charge is -2.02. The fourth-order valence-corrected chi connectivity index (χ4v) is 0.525. The lowest BCUT2D eigenvalue weighted by atomic mass is 10.3. The fraction of sp³-hybridized carbons (Fsp3) is 1.00. The Hall–Kier alpha value is -0.0800. The normalized spacial score (nSPS) is 42.0. The van der Waals surface area contributed by atoms with Crippen LogP contribution in [0.25, 0.3) is 0 Å². The van der Waals surface area contributed by atoms with Crippen molar-refractivity contribution in [2.75, 3.05) is 6.79 Å². The van der Waals surface area contributed by atoms with Crippen LogP contribution in [0.15, 0.2) is 0 Å². The third-order valence-corrected chi connectivity index (χ3v) is 1.32. The molecule has 1 heterocycles. The van der Waals surface area contributed by atoms with Crippen molar-refractivity contribution < 1.29 is 9.47 Å². The molecular weight excluding hydrogens is 92.1 g/mol. The van der Waals surface area contributed by atoms with Crippen LogP contribution in [0.2, 0.25) is 0 Å².